The summed E-state index contributed by atoms with van der Waals surface area (Å²) in [5, 5.41) is 0. The standard InChI is InChI=1S/C15H20O5/c1-11(2)8-17-5-6-18-9-13(16)12-3-4-14-15(7-12)20-10-19-14/h3-4,7,11H,5-6,8-10H2,1-2H3. The van der Waals surface area contributed by atoms with Crippen molar-refractivity contribution in [3.63, 3.8) is 0 Å². The van der Waals surface area contributed by atoms with Gasteiger partial charge in [0.15, 0.2) is 17.3 Å². The maximum absolute atomic E-state index is 11.9. The molecule has 0 atom stereocenters. The maximum Gasteiger partial charge on any atom is 0.231 e. The predicted molar refractivity (Wildman–Crippen MR) is 73.4 cm³/mol. The molecule has 0 N–H and O–H groups in total. The van der Waals surface area contributed by atoms with Crippen molar-refractivity contribution in [2.45, 2.75) is 13.8 Å². The number of hydrogen-bond donors (Lipinski definition) is 0. The second-order valence-corrected chi connectivity index (χ2v) is 5.01. The zero-order valence-corrected chi connectivity index (χ0v) is 11.9. The Morgan fingerprint density at radius 2 is 1.95 bits per heavy atom. The average molecular weight is 280 g/mol. The Morgan fingerprint density at radius 3 is 2.75 bits per heavy atom. The number of carbonyl (C=O) groups is 1. The molecule has 0 aromatic heterocycles. The summed E-state index contributed by atoms with van der Waals surface area (Å²) in [4.78, 5) is 11.9. The molecule has 20 heavy (non-hydrogen) atoms. The van der Waals surface area contributed by atoms with Gasteiger partial charge in [0.1, 0.15) is 6.61 Å². The third-order valence-electron chi connectivity index (χ3n) is 2.75. The van der Waals surface area contributed by atoms with Gasteiger partial charge < -0.3 is 18.9 Å². The lowest BCUT2D eigenvalue weighted by Crippen LogP contribution is -2.13. The van der Waals surface area contributed by atoms with Crippen LogP contribution in [0.2, 0.25) is 0 Å². The smallest absolute Gasteiger partial charge is 0.231 e. The van der Waals surface area contributed by atoms with Crippen LogP contribution in [0, 0.1) is 5.92 Å². The molecule has 0 amide bonds. The van der Waals surface area contributed by atoms with Gasteiger partial charge in [-0.3, -0.25) is 4.79 Å². The van der Waals surface area contributed by atoms with Crippen molar-refractivity contribution >= 4 is 5.78 Å². The fourth-order valence-corrected chi connectivity index (χ4v) is 1.76. The lowest BCUT2D eigenvalue weighted by Gasteiger charge is -2.07. The summed E-state index contributed by atoms with van der Waals surface area (Å²) in [5.74, 6) is 1.71. The van der Waals surface area contributed by atoms with E-state index < -0.39 is 0 Å². The molecule has 110 valence electrons. The number of ether oxygens (including phenoxy) is 4. The first-order chi connectivity index (χ1) is 9.66. The van der Waals surface area contributed by atoms with E-state index in [4.69, 9.17) is 18.9 Å². The highest BCUT2D eigenvalue weighted by atomic mass is 16.7. The summed E-state index contributed by atoms with van der Waals surface area (Å²) >= 11 is 0. The molecule has 0 saturated heterocycles. The second kappa shape index (κ2) is 7.26. The van der Waals surface area contributed by atoms with Gasteiger partial charge >= 0.3 is 0 Å². The highest BCUT2D eigenvalue weighted by Gasteiger charge is 2.16. The Balaban J connectivity index is 1.70. The molecule has 0 fully saturated rings. The van der Waals surface area contributed by atoms with Crippen LogP contribution in [0.5, 0.6) is 11.5 Å². The van der Waals surface area contributed by atoms with Crippen molar-refractivity contribution in [3.8, 4) is 11.5 Å². The number of benzene rings is 1. The van der Waals surface area contributed by atoms with E-state index in [-0.39, 0.29) is 19.2 Å². The van der Waals surface area contributed by atoms with Crippen LogP contribution in [0.3, 0.4) is 0 Å². The molecule has 1 aliphatic rings. The first-order valence-corrected chi connectivity index (χ1v) is 6.75. The predicted octanol–water partition coefficient (Wildman–Crippen LogP) is 2.29. The molecule has 0 saturated carbocycles. The monoisotopic (exact) mass is 280 g/mol. The van der Waals surface area contributed by atoms with Crippen LogP contribution >= 0.6 is 0 Å². The summed E-state index contributed by atoms with van der Waals surface area (Å²) in [7, 11) is 0. The molecule has 1 aromatic rings. The van der Waals surface area contributed by atoms with Crippen molar-refractivity contribution < 1.29 is 23.7 Å². The molecule has 1 heterocycles. The van der Waals surface area contributed by atoms with Gasteiger partial charge in [0.2, 0.25) is 6.79 Å². The number of rotatable bonds is 8. The number of fused-ring (bicyclic) bond motifs is 1. The quantitative estimate of drug-likeness (QED) is 0.540. The molecule has 5 nitrogen and oxygen atoms in total. The number of Topliss-reactive ketones (excluding diaryl/α,β-unsaturated/α-hetero) is 1. The first kappa shape index (κ1) is 14.8. The first-order valence-electron chi connectivity index (χ1n) is 6.75. The molecular formula is C15H20O5. The number of hydrogen-bond acceptors (Lipinski definition) is 5. The van der Waals surface area contributed by atoms with Crippen molar-refractivity contribution in [2.24, 2.45) is 5.92 Å². The number of carbonyl (C=O) groups excluding carboxylic acids is 1. The summed E-state index contributed by atoms with van der Waals surface area (Å²) in [6.45, 7) is 6.06. The summed E-state index contributed by atoms with van der Waals surface area (Å²) < 4.78 is 21.1. The van der Waals surface area contributed by atoms with E-state index in [1.807, 2.05) is 0 Å². The molecule has 1 aromatic carbocycles. The van der Waals surface area contributed by atoms with Crippen LogP contribution in [0.1, 0.15) is 24.2 Å². The molecular weight excluding hydrogens is 260 g/mol. The van der Waals surface area contributed by atoms with Gasteiger partial charge in [-0.25, -0.2) is 0 Å². The van der Waals surface area contributed by atoms with Crippen molar-refractivity contribution in [3.05, 3.63) is 23.8 Å². The van der Waals surface area contributed by atoms with Crippen molar-refractivity contribution in [1.29, 1.82) is 0 Å². The van der Waals surface area contributed by atoms with Gasteiger partial charge in [0.05, 0.1) is 13.2 Å². The van der Waals surface area contributed by atoms with E-state index in [1.165, 1.54) is 0 Å². The molecule has 1 aliphatic heterocycles. The maximum atomic E-state index is 11.9. The Bertz CT molecular complexity index is 456. The van der Waals surface area contributed by atoms with Gasteiger partial charge in [0.25, 0.3) is 0 Å². The summed E-state index contributed by atoms with van der Waals surface area (Å²) in [6, 6.07) is 5.14. The Kier molecular flexibility index (Phi) is 5.38. The second-order valence-electron chi connectivity index (χ2n) is 5.01. The van der Waals surface area contributed by atoms with E-state index in [1.54, 1.807) is 18.2 Å². The SMILES string of the molecule is CC(C)COCCOCC(=O)c1ccc2c(c1)OCO2. The molecule has 5 heteroatoms. The van der Waals surface area contributed by atoms with E-state index in [0.717, 1.165) is 0 Å². The zero-order chi connectivity index (χ0) is 14.4. The Hall–Kier alpha value is -1.59. The van der Waals surface area contributed by atoms with E-state index in [9.17, 15) is 4.79 Å². The van der Waals surface area contributed by atoms with Crippen LogP contribution < -0.4 is 9.47 Å². The normalized spacial score (nSPS) is 12.9. The lowest BCUT2D eigenvalue weighted by molar-refractivity contribution is 0.0364. The van der Waals surface area contributed by atoms with Crippen LogP contribution in [-0.2, 0) is 9.47 Å². The van der Waals surface area contributed by atoms with Crippen LogP contribution in [0.25, 0.3) is 0 Å². The largest absolute Gasteiger partial charge is 0.454 e. The van der Waals surface area contributed by atoms with E-state index >= 15 is 0 Å². The fourth-order valence-electron chi connectivity index (χ4n) is 1.76. The summed E-state index contributed by atoms with van der Waals surface area (Å²) in [6.07, 6.45) is 0. The van der Waals surface area contributed by atoms with Gasteiger partial charge in [0, 0.05) is 12.2 Å². The third-order valence-corrected chi connectivity index (χ3v) is 2.75. The van der Waals surface area contributed by atoms with Gasteiger partial charge in [-0.2, -0.15) is 0 Å². The molecule has 2 rings (SSSR count). The van der Waals surface area contributed by atoms with E-state index in [0.29, 0.717) is 42.8 Å². The summed E-state index contributed by atoms with van der Waals surface area (Å²) in [5.41, 5.74) is 0.567. The van der Waals surface area contributed by atoms with Crippen LogP contribution in [0.15, 0.2) is 18.2 Å². The topological polar surface area (TPSA) is 54.0 Å². The minimum Gasteiger partial charge on any atom is -0.454 e. The fraction of sp³-hybridized carbons (Fsp3) is 0.533. The molecule has 0 radical (unpaired) electrons. The lowest BCUT2D eigenvalue weighted by atomic mass is 10.1. The number of ketones is 1. The third kappa shape index (κ3) is 4.21. The average Bonchev–Trinajstić information content (AvgIpc) is 2.89. The van der Waals surface area contributed by atoms with Crippen LogP contribution in [-0.4, -0.2) is 39.0 Å². The van der Waals surface area contributed by atoms with Gasteiger partial charge in [-0.05, 0) is 24.1 Å². The van der Waals surface area contributed by atoms with E-state index in [2.05, 4.69) is 13.8 Å². The van der Waals surface area contributed by atoms with Crippen LogP contribution in [0.4, 0.5) is 0 Å². The molecule has 0 unspecified atom stereocenters. The van der Waals surface area contributed by atoms with Crippen molar-refractivity contribution in [1.82, 2.24) is 0 Å². The Morgan fingerprint density at radius 1 is 1.20 bits per heavy atom. The Labute approximate surface area is 118 Å². The zero-order valence-electron chi connectivity index (χ0n) is 11.9. The van der Waals surface area contributed by atoms with Gasteiger partial charge in [-0.15, -0.1) is 0 Å². The van der Waals surface area contributed by atoms with Crippen molar-refractivity contribution in [2.75, 3.05) is 33.2 Å². The highest BCUT2D eigenvalue weighted by molar-refractivity contribution is 5.97. The minimum atomic E-state index is -0.0767. The molecule has 0 aliphatic carbocycles. The minimum absolute atomic E-state index is 0.0463. The highest BCUT2D eigenvalue weighted by Crippen LogP contribution is 2.32. The molecule has 0 bridgehead atoms. The van der Waals surface area contributed by atoms with Gasteiger partial charge in [-0.1, -0.05) is 13.8 Å². The molecule has 0 spiro atoms.